The van der Waals surface area contributed by atoms with Crippen LogP contribution in [0.15, 0.2) is 0 Å². The van der Waals surface area contributed by atoms with E-state index in [1.165, 1.54) is 154 Å². The quantitative estimate of drug-likeness (QED) is 0.0451. The topological polar surface area (TPSA) is 65.1 Å². The molecular formula is C51H101NO5. The second-order valence-electron chi connectivity index (χ2n) is 17.8. The molecule has 57 heavy (non-hydrogen) atoms. The Morgan fingerprint density at radius 2 is 0.754 bits per heavy atom. The molecule has 0 unspecified atom stereocenters. The average molecular weight is 808 g/mol. The highest BCUT2D eigenvalue weighted by molar-refractivity contribution is 5.69. The molecule has 6 nitrogen and oxygen atoms in total. The van der Waals surface area contributed by atoms with Crippen LogP contribution in [0.2, 0.25) is 0 Å². The van der Waals surface area contributed by atoms with Crippen molar-refractivity contribution >= 4 is 11.9 Å². The number of hydrogen-bond acceptors (Lipinski definition) is 6. The minimum atomic E-state index is 0.00534. The third-order valence-corrected chi connectivity index (χ3v) is 12.3. The van der Waals surface area contributed by atoms with Crippen LogP contribution in [0.1, 0.15) is 259 Å². The van der Waals surface area contributed by atoms with Crippen LogP contribution in [0.5, 0.6) is 0 Å². The summed E-state index contributed by atoms with van der Waals surface area (Å²) in [7, 11) is 2.19. The fourth-order valence-electron chi connectivity index (χ4n) is 8.17. The van der Waals surface area contributed by atoms with Crippen molar-refractivity contribution in [2.45, 2.75) is 265 Å². The Bertz CT molecular complexity index is 758. The number of carbonyl (C=O) groups is 2. The Kier molecular flexibility index (Phi) is 43.5. The standard InChI is InChI=1S/C51H101NO5/c1-7-12-24-33-47(34-25-13-8-2)41-45-56-50(53)39-30-22-18-16-20-28-37-49(55-44-32-43-52(6)11-5)38-29-21-17-19-23-31-40-51(54)57-46-42-48(35-26-14-9-3)36-27-15-10-4/h47-49H,7-46H2,1-6H3. The monoisotopic (exact) mass is 808 g/mol. The van der Waals surface area contributed by atoms with Gasteiger partial charge in [-0.15, -0.1) is 0 Å². The van der Waals surface area contributed by atoms with Crippen LogP contribution in [0, 0.1) is 11.8 Å². The van der Waals surface area contributed by atoms with Gasteiger partial charge in [0.15, 0.2) is 0 Å². The van der Waals surface area contributed by atoms with Crippen LogP contribution in [0.3, 0.4) is 0 Å². The lowest BCUT2D eigenvalue weighted by atomic mass is 9.92. The zero-order valence-electron chi connectivity index (χ0n) is 39.5. The van der Waals surface area contributed by atoms with Crippen LogP contribution in [-0.4, -0.2) is 62.9 Å². The second-order valence-corrected chi connectivity index (χ2v) is 17.8. The molecule has 0 aliphatic heterocycles. The van der Waals surface area contributed by atoms with Gasteiger partial charge in [0.05, 0.1) is 19.3 Å². The van der Waals surface area contributed by atoms with Crippen LogP contribution >= 0.6 is 0 Å². The van der Waals surface area contributed by atoms with E-state index in [4.69, 9.17) is 14.2 Å². The summed E-state index contributed by atoms with van der Waals surface area (Å²) in [6.45, 7) is 15.5. The fourth-order valence-corrected chi connectivity index (χ4v) is 8.17. The van der Waals surface area contributed by atoms with Gasteiger partial charge >= 0.3 is 11.9 Å². The summed E-state index contributed by atoms with van der Waals surface area (Å²) in [6.07, 6.45) is 41.8. The minimum Gasteiger partial charge on any atom is -0.466 e. The average Bonchev–Trinajstić information content (AvgIpc) is 3.20. The normalized spacial score (nSPS) is 11.8. The molecule has 0 aromatic rings. The summed E-state index contributed by atoms with van der Waals surface area (Å²) in [5, 5.41) is 0. The van der Waals surface area contributed by atoms with Crippen molar-refractivity contribution in [3.8, 4) is 0 Å². The van der Waals surface area contributed by atoms with E-state index in [9.17, 15) is 9.59 Å². The Morgan fingerprint density at radius 1 is 0.404 bits per heavy atom. The van der Waals surface area contributed by atoms with Crippen molar-refractivity contribution in [2.24, 2.45) is 11.8 Å². The van der Waals surface area contributed by atoms with Gasteiger partial charge in [-0.2, -0.15) is 0 Å². The summed E-state index contributed by atoms with van der Waals surface area (Å²) in [5.74, 6) is 1.45. The van der Waals surface area contributed by atoms with Crippen LogP contribution in [0.25, 0.3) is 0 Å². The smallest absolute Gasteiger partial charge is 0.305 e. The molecule has 0 aliphatic carbocycles. The third kappa shape index (κ3) is 40.1. The molecule has 0 atom stereocenters. The van der Waals surface area contributed by atoms with Crippen molar-refractivity contribution in [3.05, 3.63) is 0 Å². The molecule has 0 radical (unpaired) electrons. The molecule has 0 bridgehead atoms. The Hall–Kier alpha value is -1.14. The second kappa shape index (κ2) is 44.4. The Balaban J connectivity index is 4.18. The highest BCUT2D eigenvalue weighted by Gasteiger charge is 2.13. The summed E-state index contributed by atoms with van der Waals surface area (Å²) in [6, 6.07) is 0. The number of rotatable bonds is 46. The molecule has 0 heterocycles. The van der Waals surface area contributed by atoms with Crippen molar-refractivity contribution in [2.75, 3.05) is 40.0 Å². The number of nitrogens with zero attached hydrogens (tertiary/aromatic N) is 1. The molecule has 0 aromatic heterocycles. The predicted molar refractivity (Wildman–Crippen MR) is 246 cm³/mol. The zero-order valence-corrected chi connectivity index (χ0v) is 39.5. The molecule has 340 valence electrons. The molecule has 0 fully saturated rings. The maximum Gasteiger partial charge on any atom is 0.305 e. The van der Waals surface area contributed by atoms with Crippen molar-refractivity contribution < 1.29 is 23.8 Å². The molecule has 0 rings (SSSR count). The van der Waals surface area contributed by atoms with Gasteiger partial charge in [0.2, 0.25) is 0 Å². The maximum atomic E-state index is 12.4. The molecule has 0 N–H and O–H groups in total. The Morgan fingerprint density at radius 3 is 1.12 bits per heavy atom. The number of hydrogen-bond donors (Lipinski definition) is 0. The number of unbranched alkanes of at least 4 members (excludes halogenated alkanes) is 18. The van der Waals surface area contributed by atoms with Gasteiger partial charge in [-0.1, -0.05) is 202 Å². The first kappa shape index (κ1) is 55.9. The van der Waals surface area contributed by atoms with Gasteiger partial charge in [-0.3, -0.25) is 9.59 Å². The summed E-state index contributed by atoms with van der Waals surface area (Å²) in [4.78, 5) is 27.1. The number of esters is 2. The molecule has 6 heteroatoms. The third-order valence-electron chi connectivity index (χ3n) is 12.3. The summed E-state index contributed by atoms with van der Waals surface area (Å²) >= 11 is 0. The predicted octanol–water partition coefficient (Wildman–Crippen LogP) is 15.4. The minimum absolute atomic E-state index is 0.00534. The first-order chi connectivity index (χ1) is 27.9. The SMILES string of the molecule is CCCCCC(CCCCC)CCOC(=O)CCCCCCCCC(CCCCCCCCC(=O)OCCC(CCCCC)CCCCC)OCCCN(C)CC. The lowest BCUT2D eigenvalue weighted by Gasteiger charge is -2.19. The van der Waals surface area contributed by atoms with Gasteiger partial charge in [-0.05, 0) is 70.4 Å². The molecule has 0 saturated carbocycles. The fraction of sp³-hybridized carbons (Fsp3) is 0.961. The van der Waals surface area contributed by atoms with Crippen molar-refractivity contribution in [3.63, 3.8) is 0 Å². The molecule has 0 amide bonds. The van der Waals surface area contributed by atoms with Gasteiger partial charge in [-0.25, -0.2) is 0 Å². The van der Waals surface area contributed by atoms with E-state index >= 15 is 0 Å². The van der Waals surface area contributed by atoms with E-state index in [0.717, 1.165) is 89.3 Å². The van der Waals surface area contributed by atoms with Crippen LogP contribution in [0.4, 0.5) is 0 Å². The molecule has 0 aromatic carbocycles. The van der Waals surface area contributed by atoms with Crippen LogP contribution in [-0.2, 0) is 23.8 Å². The van der Waals surface area contributed by atoms with E-state index < -0.39 is 0 Å². The van der Waals surface area contributed by atoms with Gasteiger partial charge in [0, 0.05) is 26.0 Å². The molecule has 0 saturated heterocycles. The van der Waals surface area contributed by atoms with Crippen molar-refractivity contribution in [1.29, 1.82) is 0 Å². The largest absolute Gasteiger partial charge is 0.466 e. The summed E-state index contributed by atoms with van der Waals surface area (Å²) < 4.78 is 17.8. The van der Waals surface area contributed by atoms with Gasteiger partial charge in [0.1, 0.15) is 0 Å². The highest BCUT2D eigenvalue weighted by Crippen LogP contribution is 2.23. The van der Waals surface area contributed by atoms with Gasteiger partial charge in [0.25, 0.3) is 0 Å². The Labute approximate surface area is 356 Å². The van der Waals surface area contributed by atoms with Gasteiger partial charge < -0.3 is 19.1 Å². The van der Waals surface area contributed by atoms with E-state index in [1.54, 1.807) is 0 Å². The number of carbonyl (C=O) groups excluding carboxylic acids is 2. The van der Waals surface area contributed by atoms with Crippen molar-refractivity contribution in [1.82, 2.24) is 4.90 Å². The highest BCUT2D eigenvalue weighted by atomic mass is 16.5. The first-order valence-electron chi connectivity index (χ1n) is 25.5. The lowest BCUT2D eigenvalue weighted by molar-refractivity contribution is -0.145. The van der Waals surface area contributed by atoms with E-state index in [2.05, 4.69) is 46.6 Å². The van der Waals surface area contributed by atoms with E-state index in [1.807, 2.05) is 0 Å². The first-order valence-corrected chi connectivity index (χ1v) is 25.5. The van der Waals surface area contributed by atoms with Crippen LogP contribution < -0.4 is 0 Å². The van der Waals surface area contributed by atoms with E-state index in [-0.39, 0.29) is 11.9 Å². The summed E-state index contributed by atoms with van der Waals surface area (Å²) in [5.41, 5.74) is 0. The maximum absolute atomic E-state index is 12.4. The molecular weight excluding hydrogens is 707 g/mol. The molecule has 0 spiro atoms. The molecule has 0 aliphatic rings. The lowest BCUT2D eigenvalue weighted by Crippen LogP contribution is -2.21. The zero-order chi connectivity index (χ0) is 41.9. The number of ether oxygens (including phenoxy) is 3. The van der Waals surface area contributed by atoms with E-state index in [0.29, 0.717) is 32.2 Å².